The van der Waals surface area contributed by atoms with Crippen molar-refractivity contribution in [3.63, 3.8) is 0 Å². The van der Waals surface area contributed by atoms with E-state index in [0.717, 1.165) is 5.56 Å². The summed E-state index contributed by atoms with van der Waals surface area (Å²) in [5.74, 6) is -0.962. The summed E-state index contributed by atoms with van der Waals surface area (Å²) in [6, 6.07) is 6.72. The number of hydrogen-bond donors (Lipinski definition) is 4. The minimum atomic E-state index is -0.786. The number of aryl methyl sites for hydroxylation is 1. The average Bonchev–Trinajstić information content (AvgIpc) is 2.75. The zero-order chi connectivity index (χ0) is 21.7. The molecule has 0 saturated carbocycles. The zero-order valence-corrected chi connectivity index (χ0v) is 16.8. The largest absolute Gasteiger partial charge is 0.394 e. The number of rotatable bonds is 7. The lowest BCUT2D eigenvalue weighted by Gasteiger charge is -2.17. The van der Waals surface area contributed by atoms with Gasteiger partial charge in [-0.3, -0.25) is 14.8 Å². The number of aromatic nitrogens is 2. The van der Waals surface area contributed by atoms with E-state index in [4.69, 9.17) is 11.6 Å². The summed E-state index contributed by atoms with van der Waals surface area (Å²) >= 11 is 5.99. The Morgan fingerprint density at radius 2 is 1.93 bits per heavy atom. The van der Waals surface area contributed by atoms with E-state index in [1.807, 2.05) is 6.92 Å². The molecule has 4 N–H and O–H groups in total. The summed E-state index contributed by atoms with van der Waals surface area (Å²) in [6.45, 7) is 1.02. The third-order valence-corrected chi connectivity index (χ3v) is 4.65. The molecule has 7 nitrogen and oxygen atoms in total. The van der Waals surface area contributed by atoms with Gasteiger partial charge >= 0.3 is 0 Å². The molecule has 0 unspecified atom stereocenters. The highest BCUT2D eigenvalue weighted by Crippen LogP contribution is 2.29. The van der Waals surface area contributed by atoms with Crippen molar-refractivity contribution in [2.45, 2.75) is 13.0 Å². The van der Waals surface area contributed by atoms with Crippen molar-refractivity contribution < 1.29 is 19.4 Å². The van der Waals surface area contributed by atoms with Crippen LogP contribution < -0.4 is 10.6 Å². The van der Waals surface area contributed by atoms with Crippen LogP contribution in [-0.4, -0.2) is 45.3 Å². The summed E-state index contributed by atoms with van der Waals surface area (Å²) in [6.07, 6.45) is 4.48. The number of nitrogens with zero attached hydrogens (tertiary/aromatic N) is 2. The molecule has 0 aliphatic rings. The van der Waals surface area contributed by atoms with E-state index >= 15 is 0 Å². The Bertz CT molecular complexity index is 1060. The van der Waals surface area contributed by atoms with Crippen LogP contribution in [-0.2, 0) is 0 Å². The minimum Gasteiger partial charge on any atom is -0.394 e. The van der Waals surface area contributed by atoms with Gasteiger partial charge in [0.25, 0.3) is 5.91 Å². The number of pyridine rings is 2. The maximum atomic E-state index is 14.3. The van der Waals surface area contributed by atoms with Crippen molar-refractivity contribution in [1.29, 1.82) is 0 Å². The van der Waals surface area contributed by atoms with Crippen molar-refractivity contribution in [2.75, 3.05) is 18.5 Å². The van der Waals surface area contributed by atoms with Gasteiger partial charge in [0.15, 0.2) is 0 Å². The fraction of sp³-hybridized carbons (Fsp3) is 0.190. The van der Waals surface area contributed by atoms with Gasteiger partial charge in [-0.15, -0.1) is 0 Å². The molecule has 0 aliphatic carbocycles. The van der Waals surface area contributed by atoms with Crippen LogP contribution in [0.4, 0.5) is 15.8 Å². The van der Waals surface area contributed by atoms with Crippen LogP contribution >= 0.6 is 11.6 Å². The summed E-state index contributed by atoms with van der Waals surface area (Å²) in [7, 11) is 0. The molecule has 3 rings (SSSR count). The van der Waals surface area contributed by atoms with Crippen LogP contribution in [0.25, 0.3) is 11.3 Å². The number of aliphatic hydroxyl groups is 2. The van der Waals surface area contributed by atoms with Gasteiger partial charge in [-0.1, -0.05) is 11.6 Å². The van der Waals surface area contributed by atoms with Gasteiger partial charge in [0.05, 0.1) is 36.2 Å². The number of anilines is 2. The fourth-order valence-electron chi connectivity index (χ4n) is 2.74. The first kappa shape index (κ1) is 21.6. The molecule has 2 aromatic heterocycles. The predicted molar refractivity (Wildman–Crippen MR) is 112 cm³/mol. The number of hydrogen-bond acceptors (Lipinski definition) is 6. The molecule has 3 aromatic rings. The molecule has 30 heavy (non-hydrogen) atoms. The third-order valence-electron chi connectivity index (χ3n) is 4.42. The molecule has 1 aromatic carbocycles. The van der Waals surface area contributed by atoms with E-state index in [1.165, 1.54) is 30.6 Å². The standard InChI is InChI=1S/C21H20ClFN4O3/c1-12-8-25-20(15-6-13(22)2-3-17(15)23)7-19(12)27-18-4-5-24-9-16(18)21(30)26-14(10-28)11-29/h2-9,14,28-29H,10-11H2,1H3,(H,26,30)(H,24,25,27). The van der Waals surface area contributed by atoms with Crippen LogP contribution in [0, 0.1) is 12.7 Å². The van der Waals surface area contributed by atoms with Gasteiger partial charge in [0, 0.05) is 34.9 Å². The molecule has 0 bridgehead atoms. The second kappa shape index (κ2) is 9.62. The number of nitrogens with one attached hydrogen (secondary N) is 2. The SMILES string of the molecule is Cc1cnc(-c2cc(Cl)ccc2F)cc1Nc1ccncc1C(=O)NC(CO)CO. The van der Waals surface area contributed by atoms with Crippen molar-refractivity contribution in [3.05, 3.63) is 70.9 Å². The quantitative estimate of drug-likeness (QED) is 0.459. The lowest BCUT2D eigenvalue weighted by Crippen LogP contribution is -2.40. The van der Waals surface area contributed by atoms with Gasteiger partial charge in [0.1, 0.15) is 5.82 Å². The Morgan fingerprint density at radius 1 is 1.17 bits per heavy atom. The summed E-state index contributed by atoms with van der Waals surface area (Å²) in [5.41, 5.74) is 2.68. The first-order valence-corrected chi connectivity index (χ1v) is 9.46. The smallest absolute Gasteiger partial charge is 0.255 e. The molecule has 0 spiro atoms. The van der Waals surface area contributed by atoms with E-state index < -0.39 is 31.0 Å². The van der Waals surface area contributed by atoms with Crippen molar-refractivity contribution in [1.82, 2.24) is 15.3 Å². The Labute approximate surface area is 177 Å². The van der Waals surface area contributed by atoms with Crippen LogP contribution in [0.2, 0.25) is 5.02 Å². The van der Waals surface area contributed by atoms with Crippen LogP contribution in [0.3, 0.4) is 0 Å². The van der Waals surface area contributed by atoms with Gasteiger partial charge in [-0.05, 0) is 42.8 Å². The number of benzene rings is 1. The molecule has 156 valence electrons. The van der Waals surface area contributed by atoms with Crippen molar-refractivity contribution in [3.8, 4) is 11.3 Å². The van der Waals surface area contributed by atoms with Crippen LogP contribution in [0.15, 0.2) is 48.9 Å². The molecular weight excluding hydrogens is 411 g/mol. The second-order valence-corrected chi connectivity index (χ2v) is 7.03. The molecule has 0 radical (unpaired) electrons. The molecule has 0 aliphatic heterocycles. The Hall–Kier alpha value is -3.07. The topological polar surface area (TPSA) is 107 Å². The molecule has 1 amide bonds. The molecular formula is C21H20ClFN4O3. The highest BCUT2D eigenvalue weighted by atomic mass is 35.5. The number of halogens is 2. The predicted octanol–water partition coefficient (Wildman–Crippen LogP) is 3.07. The number of carbonyl (C=O) groups is 1. The molecule has 2 heterocycles. The van der Waals surface area contributed by atoms with Crippen molar-refractivity contribution >= 4 is 28.9 Å². The first-order valence-electron chi connectivity index (χ1n) is 9.08. The van der Waals surface area contributed by atoms with E-state index in [2.05, 4.69) is 20.6 Å². The minimum absolute atomic E-state index is 0.219. The highest BCUT2D eigenvalue weighted by molar-refractivity contribution is 6.30. The molecule has 0 saturated heterocycles. The third kappa shape index (κ3) is 4.91. The van der Waals surface area contributed by atoms with E-state index in [9.17, 15) is 19.4 Å². The maximum Gasteiger partial charge on any atom is 0.255 e. The number of amides is 1. The lowest BCUT2D eigenvalue weighted by atomic mass is 10.1. The monoisotopic (exact) mass is 430 g/mol. The normalized spacial score (nSPS) is 10.9. The van der Waals surface area contributed by atoms with E-state index in [-0.39, 0.29) is 11.1 Å². The summed E-state index contributed by atoms with van der Waals surface area (Å²) in [5, 5.41) is 24.5. The Kier molecular flexibility index (Phi) is 6.94. The Morgan fingerprint density at radius 3 is 2.67 bits per heavy atom. The van der Waals surface area contributed by atoms with Gasteiger partial charge in [0.2, 0.25) is 0 Å². The highest BCUT2D eigenvalue weighted by Gasteiger charge is 2.17. The van der Waals surface area contributed by atoms with E-state index in [0.29, 0.717) is 22.1 Å². The number of carbonyl (C=O) groups excluding carboxylic acids is 1. The zero-order valence-electron chi connectivity index (χ0n) is 16.1. The molecule has 9 heteroatoms. The fourth-order valence-corrected chi connectivity index (χ4v) is 2.91. The van der Waals surface area contributed by atoms with Gasteiger partial charge in [-0.25, -0.2) is 4.39 Å². The Balaban J connectivity index is 1.94. The van der Waals surface area contributed by atoms with Gasteiger partial charge in [-0.2, -0.15) is 0 Å². The average molecular weight is 431 g/mol. The van der Waals surface area contributed by atoms with Crippen LogP contribution in [0.5, 0.6) is 0 Å². The summed E-state index contributed by atoms with van der Waals surface area (Å²) in [4.78, 5) is 20.8. The molecule has 0 atom stereocenters. The van der Waals surface area contributed by atoms with Crippen LogP contribution in [0.1, 0.15) is 15.9 Å². The lowest BCUT2D eigenvalue weighted by molar-refractivity contribution is 0.0880. The first-order chi connectivity index (χ1) is 14.4. The second-order valence-electron chi connectivity index (χ2n) is 6.59. The van der Waals surface area contributed by atoms with E-state index in [1.54, 1.807) is 18.3 Å². The number of aliphatic hydroxyl groups excluding tert-OH is 2. The summed E-state index contributed by atoms with van der Waals surface area (Å²) < 4.78 is 14.3. The van der Waals surface area contributed by atoms with Crippen molar-refractivity contribution in [2.24, 2.45) is 0 Å². The molecule has 0 fully saturated rings. The maximum absolute atomic E-state index is 14.3. The van der Waals surface area contributed by atoms with Gasteiger partial charge < -0.3 is 20.8 Å².